The second-order valence-electron chi connectivity index (χ2n) is 5.45. The molecule has 116 valence electrons. The molecule has 0 fully saturated rings. The highest BCUT2D eigenvalue weighted by atomic mass is 35.5. The fourth-order valence-corrected chi connectivity index (χ4v) is 2.41. The molecule has 2 aromatic carbocycles. The van der Waals surface area contributed by atoms with Crippen LogP contribution < -0.4 is 10.1 Å². The van der Waals surface area contributed by atoms with Crippen molar-refractivity contribution in [2.75, 3.05) is 6.61 Å². The standard InChI is InChI=1S/C18H20ClNO2/c1-12-8-13(2)10-17(9-12)22-11-18(21)20-14(3)15-4-6-16(19)7-5-15/h4-10,14H,11H2,1-3H3,(H,20,21). The van der Waals surface area contributed by atoms with Gasteiger partial charge in [-0.2, -0.15) is 0 Å². The molecule has 0 heterocycles. The minimum Gasteiger partial charge on any atom is -0.484 e. The van der Waals surface area contributed by atoms with Crippen molar-refractivity contribution in [3.05, 3.63) is 64.2 Å². The van der Waals surface area contributed by atoms with Crippen LogP contribution in [0.15, 0.2) is 42.5 Å². The molecule has 2 rings (SSSR count). The Kier molecular flexibility index (Phi) is 5.45. The van der Waals surface area contributed by atoms with E-state index in [1.54, 1.807) is 0 Å². The van der Waals surface area contributed by atoms with Crippen LogP contribution in [-0.4, -0.2) is 12.5 Å². The number of aryl methyl sites for hydroxylation is 2. The molecule has 0 aliphatic heterocycles. The highest BCUT2D eigenvalue weighted by molar-refractivity contribution is 6.30. The lowest BCUT2D eigenvalue weighted by atomic mass is 10.1. The highest BCUT2D eigenvalue weighted by Crippen LogP contribution is 2.17. The molecule has 4 heteroatoms. The third-order valence-electron chi connectivity index (χ3n) is 3.31. The van der Waals surface area contributed by atoms with Gasteiger partial charge in [0, 0.05) is 5.02 Å². The maximum absolute atomic E-state index is 12.0. The normalized spacial score (nSPS) is 11.8. The number of carbonyl (C=O) groups is 1. The summed E-state index contributed by atoms with van der Waals surface area (Å²) in [5, 5.41) is 3.59. The fraction of sp³-hybridized carbons (Fsp3) is 0.278. The number of halogens is 1. The van der Waals surface area contributed by atoms with Crippen molar-refractivity contribution in [2.45, 2.75) is 26.8 Å². The molecule has 0 aliphatic rings. The van der Waals surface area contributed by atoms with Crippen molar-refractivity contribution in [1.82, 2.24) is 5.32 Å². The first-order valence-corrected chi connectivity index (χ1v) is 7.58. The molecular formula is C18H20ClNO2. The van der Waals surface area contributed by atoms with Crippen LogP contribution in [0.25, 0.3) is 0 Å². The van der Waals surface area contributed by atoms with Crippen molar-refractivity contribution >= 4 is 17.5 Å². The van der Waals surface area contributed by atoms with E-state index in [1.165, 1.54) is 0 Å². The number of carbonyl (C=O) groups excluding carboxylic acids is 1. The Labute approximate surface area is 136 Å². The van der Waals surface area contributed by atoms with Crippen molar-refractivity contribution in [3.8, 4) is 5.75 Å². The van der Waals surface area contributed by atoms with Crippen LogP contribution in [0.1, 0.15) is 29.7 Å². The number of hydrogen-bond donors (Lipinski definition) is 1. The Hall–Kier alpha value is -2.00. The maximum atomic E-state index is 12.0. The van der Waals surface area contributed by atoms with E-state index in [0.29, 0.717) is 10.8 Å². The Balaban J connectivity index is 1.88. The SMILES string of the molecule is Cc1cc(C)cc(OCC(=O)NC(C)c2ccc(Cl)cc2)c1. The zero-order valence-electron chi connectivity index (χ0n) is 13.0. The van der Waals surface area contributed by atoms with Crippen LogP contribution >= 0.6 is 11.6 Å². The van der Waals surface area contributed by atoms with E-state index in [2.05, 4.69) is 11.4 Å². The number of ether oxygens (including phenoxy) is 1. The van der Waals surface area contributed by atoms with E-state index in [-0.39, 0.29) is 18.6 Å². The van der Waals surface area contributed by atoms with Crippen molar-refractivity contribution < 1.29 is 9.53 Å². The minimum absolute atomic E-state index is 0.000817. The molecule has 1 unspecified atom stereocenters. The molecule has 0 aliphatic carbocycles. The monoisotopic (exact) mass is 317 g/mol. The minimum atomic E-state index is -0.151. The first-order valence-electron chi connectivity index (χ1n) is 7.20. The van der Waals surface area contributed by atoms with Crippen LogP contribution in [0.4, 0.5) is 0 Å². The van der Waals surface area contributed by atoms with Crippen molar-refractivity contribution in [1.29, 1.82) is 0 Å². The largest absolute Gasteiger partial charge is 0.484 e. The molecule has 22 heavy (non-hydrogen) atoms. The van der Waals surface area contributed by atoms with E-state index in [4.69, 9.17) is 16.3 Å². The summed E-state index contributed by atoms with van der Waals surface area (Å²) in [6.45, 7) is 5.93. The van der Waals surface area contributed by atoms with E-state index < -0.39 is 0 Å². The lowest BCUT2D eigenvalue weighted by molar-refractivity contribution is -0.123. The van der Waals surface area contributed by atoms with Crippen LogP contribution in [0, 0.1) is 13.8 Å². The van der Waals surface area contributed by atoms with Crippen LogP contribution in [0.2, 0.25) is 5.02 Å². The topological polar surface area (TPSA) is 38.3 Å². The van der Waals surface area contributed by atoms with Gasteiger partial charge < -0.3 is 10.1 Å². The lowest BCUT2D eigenvalue weighted by Crippen LogP contribution is -2.31. The summed E-state index contributed by atoms with van der Waals surface area (Å²) < 4.78 is 5.55. The molecule has 0 bridgehead atoms. The molecule has 3 nitrogen and oxygen atoms in total. The van der Waals surface area contributed by atoms with Gasteiger partial charge in [0.05, 0.1) is 6.04 Å². The van der Waals surface area contributed by atoms with Gasteiger partial charge >= 0.3 is 0 Å². The molecule has 0 aromatic heterocycles. The van der Waals surface area contributed by atoms with Gasteiger partial charge in [0.25, 0.3) is 5.91 Å². The van der Waals surface area contributed by atoms with E-state index >= 15 is 0 Å². The summed E-state index contributed by atoms with van der Waals surface area (Å²) in [6, 6.07) is 13.2. The van der Waals surface area contributed by atoms with Crippen molar-refractivity contribution in [3.63, 3.8) is 0 Å². The second kappa shape index (κ2) is 7.32. The van der Waals surface area contributed by atoms with E-state index in [1.807, 2.05) is 57.2 Å². The maximum Gasteiger partial charge on any atom is 0.258 e. The van der Waals surface area contributed by atoms with Crippen LogP contribution in [-0.2, 0) is 4.79 Å². The summed E-state index contributed by atoms with van der Waals surface area (Å²) in [4.78, 5) is 12.0. The highest BCUT2D eigenvalue weighted by Gasteiger charge is 2.10. The third-order valence-corrected chi connectivity index (χ3v) is 3.56. The average molecular weight is 318 g/mol. The molecule has 1 N–H and O–H groups in total. The number of benzene rings is 2. The summed E-state index contributed by atoms with van der Waals surface area (Å²) in [5.74, 6) is 0.563. The fourth-order valence-electron chi connectivity index (χ4n) is 2.28. The summed E-state index contributed by atoms with van der Waals surface area (Å²) in [7, 11) is 0. The average Bonchev–Trinajstić information content (AvgIpc) is 2.45. The van der Waals surface area contributed by atoms with Gasteiger partial charge in [0.2, 0.25) is 0 Å². The Morgan fingerprint density at radius 3 is 2.32 bits per heavy atom. The molecule has 0 spiro atoms. The molecule has 0 saturated heterocycles. The number of amides is 1. The summed E-state index contributed by atoms with van der Waals surface area (Å²) in [6.07, 6.45) is 0. The predicted octanol–water partition coefficient (Wildman–Crippen LogP) is 4.21. The Morgan fingerprint density at radius 1 is 1.14 bits per heavy atom. The van der Waals surface area contributed by atoms with Gasteiger partial charge in [-0.15, -0.1) is 0 Å². The quantitative estimate of drug-likeness (QED) is 0.897. The van der Waals surface area contributed by atoms with Gasteiger partial charge in [0.1, 0.15) is 5.75 Å². The molecule has 1 atom stereocenters. The first-order chi connectivity index (χ1) is 10.4. The smallest absolute Gasteiger partial charge is 0.258 e. The third kappa shape index (κ3) is 4.78. The van der Waals surface area contributed by atoms with E-state index in [0.717, 1.165) is 16.7 Å². The summed E-state index contributed by atoms with van der Waals surface area (Å²) >= 11 is 5.86. The van der Waals surface area contributed by atoms with Gasteiger partial charge in [-0.25, -0.2) is 0 Å². The van der Waals surface area contributed by atoms with Gasteiger partial charge in [-0.1, -0.05) is 29.8 Å². The number of rotatable bonds is 5. The van der Waals surface area contributed by atoms with Gasteiger partial charge in [-0.05, 0) is 61.7 Å². The Morgan fingerprint density at radius 2 is 1.73 bits per heavy atom. The van der Waals surface area contributed by atoms with Gasteiger partial charge in [0.15, 0.2) is 6.61 Å². The number of hydrogen-bond acceptors (Lipinski definition) is 2. The first kappa shape index (κ1) is 16.4. The molecular weight excluding hydrogens is 298 g/mol. The van der Waals surface area contributed by atoms with Crippen LogP contribution in [0.3, 0.4) is 0 Å². The molecule has 2 aromatic rings. The van der Waals surface area contributed by atoms with Crippen LogP contribution in [0.5, 0.6) is 5.75 Å². The van der Waals surface area contributed by atoms with E-state index in [9.17, 15) is 4.79 Å². The second-order valence-corrected chi connectivity index (χ2v) is 5.89. The molecule has 0 radical (unpaired) electrons. The Bertz CT molecular complexity index is 632. The van der Waals surface area contributed by atoms with Crippen molar-refractivity contribution in [2.24, 2.45) is 0 Å². The molecule has 0 saturated carbocycles. The zero-order chi connectivity index (χ0) is 16.1. The predicted molar refractivity (Wildman–Crippen MR) is 89.4 cm³/mol. The summed E-state index contributed by atoms with van der Waals surface area (Å²) in [5.41, 5.74) is 3.24. The van der Waals surface area contributed by atoms with Gasteiger partial charge in [-0.3, -0.25) is 4.79 Å². The molecule has 1 amide bonds. The number of nitrogens with one attached hydrogen (secondary N) is 1. The zero-order valence-corrected chi connectivity index (χ0v) is 13.8. The lowest BCUT2D eigenvalue weighted by Gasteiger charge is -2.15.